The van der Waals surface area contributed by atoms with Gasteiger partial charge in [-0.2, -0.15) is 0 Å². The van der Waals surface area contributed by atoms with Gasteiger partial charge in [0.15, 0.2) is 0 Å². The molecule has 3 heterocycles. The second-order valence-corrected chi connectivity index (χ2v) is 17.4. The van der Waals surface area contributed by atoms with E-state index in [1.807, 2.05) is 52.0 Å². The highest BCUT2D eigenvalue weighted by Gasteiger charge is 2.28. The van der Waals surface area contributed by atoms with E-state index in [1.165, 1.54) is 84.8 Å². The summed E-state index contributed by atoms with van der Waals surface area (Å²) in [7, 11) is 3.98. The number of para-hydroxylation sites is 1. The summed E-state index contributed by atoms with van der Waals surface area (Å²) in [6, 6.07) is 16.0. The van der Waals surface area contributed by atoms with E-state index in [0.29, 0.717) is 12.5 Å². The fourth-order valence-corrected chi connectivity index (χ4v) is 8.28. The molecule has 3 unspecified atom stereocenters. The van der Waals surface area contributed by atoms with Gasteiger partial charge < -0.3 is 25.4 Å². The second-order valence-electron chi connectivity index (χ2n) is 17.4. The van der Waals surface area contributed by atoms with Crippen LogP contribution in [0.25, 0.3) is 0 Å². The largest absolute Gasteiger partial charge is 0.389 e. The van der Waals surface area contributed by atoms with Crippen molar-refractivity contribution >= 4 is 23.7 Å². The number of aliphatic hydroxyl groups is 1. The summed E-state index contributed by atoms with van der Waals surface area (Å²) < 4.78 is 6.50. The smallest absolute Gasteiger partial charge is 0.220 e. The van der Waals surface area contributed by atoms with Crippen molar-refractivity contribution in [2.75, 3.05) is 71.4 Å². The maximum atomic E-state index is 10.6. The molecule has 6 rings (SSSR count). The van der Waals surface area contributed by atoms with E-state index in [2.05, 4.69) is 130 Å². The molecule has 4 aliphatic rings. The van der Waals surface area contributed by atoms with Crippen LogP contribution in [-0.4, -0.2) is 107 Å². The molecule has 4 atom stereocenters. The van der Waals surface area contributed by atoms with Gasteiger partial charge in [-0.1, -0.05) is 95.0 Å². The number of carbonyl (C=O) groups is 2. The van der Waals surface area contributed by atoms with Gasteiger partial charge in [0.2, 0.25) is 12.3 Å². The van der Waals surface area contributed by atoms with Crippen molar-refractivity contribution in [2.45, 2.75) is 139 Å². The van der Waals surface area contributed by atoms with E-state index in [9.17, 15) is 9.90 Å². The number of piperidine rings is 2. The number of ether oxygens (including phenoxy) is 1. The van der Waals surface area contributed by atoms with Crippen LogP contribution >= 0.6 is 0 Å². The average Bonchev–Trinajstić information content (AvgIpc) is 3.33. The van der Waals surface area contributed by atoms with Gasteiger partial charge in [-0.3, -0.25) is 19.0 Å². The quantitative estimate of drug-likeness (QED) is 0.105. The summed E-state index contributed by atoms with van der Waals surface area (Å²) in [5, 5.41) is 14.5. The number of likely N-dealkylation sites (N-methyl/N-ethyl adjacent to an activating group) is 2. The first-order valence-electron chi connectivity index (χ1n) is 24.8. The number of carbonyl (C=O) groups excluding carboxylic acids is 2. The number of rotatable bonds is 13. The van der Waals surface area contributed by atoms with Gasteiger partial charge in [-0.15, -0.1) is 0 Å². The molecule has 2 aromatic carbocycles. The molecular formula is C56H92N5O4+. The monoisotopic (exact) mass is 899 g/mol. The van der Waals surface area contributed by atoms with E-state index < -0.39 is 0 Å². The average molecular weight is 899 g/mol. The summed E-state index contributed by atoms with van der Waals surface area (Å²) in [6.45, 7) is 34.3. The first-order chi connectivity index (χ1) is 31.3. The highest BCUT2D eigenvalue weighted by molar-refractivity contribution is 5.76. The molecule has 0 radical (unpaired) electrons. The Hall–Kier alpha value is -4.28. The van der Waals surface area contributed by atoms with Crippen LogP contribution in [0.15, 0.2) is 103 Å². The number of hydrogen-bond donors (Lipinski definition) is 3. The van der Waals surface area contributed by atoms with Crippen LogP contribution in [0.3, 0.4) is 0 Å². The van der Waals surface area contributed by atoms with Crippen LogP contribution in [0.2, 0.25) is 0 Å². The summed E-state index contributed by atoms with van der Waals surface area (Å²) in [5.41, 5.74) is 9.78. The Morgan fingerprint density at radius 3 is 2.20 bits per heavy atom. The standard InChI is InChI=1S/C28H44N3.C10H14O2.C8H12.C6H11NO.C2H5NO.C2H6/c1-7-29(22-26-16-18-30(19-17-26)27-12-10-9-11-13-27)20-21-31(6,8-2)28-15-14-23(3)24(4)25(28)5;1-7-10-6-9(11)3-2-8(10)4-5-12-7;1-3-5-7-8-6-4-2;1-5-3-2-4-6(8)7-5;1-3-2-4;1-2/h9-15,26H,7-8,16-22H2,1-6H3;2,6-7,9,11H,3-5H2,1H3;3,5-8H,1,4H2,2H3;5H,2-4H2,1H3,(H,7,8);2H,1H3,(H,3,4);1-2H3/q+1;;;;;/b;;7-5-,8-6-;;;/t;;;5-;;/m...0../s1. The number of aliphatic hydroxyl groups excluding tert-OH is 1. The third-order valence-corrected chi connectivity index (χ3v) is 12.7. The van der Waals surface area contributed by atoms with Gasteiger partial charge in [0.1, 0.15) is 5.69 Å². The zero-order chi connectivity index (χ0) is 48.6. The van der Waals surface area contributed by atoms with Crippen molar-refractivity contribution in [3.8, 4) is 0 Å². The SMILES string of the molecule is C=C/C=C\C=C/CC.CC.CC1OCCC2=CCC(O)C=C21.CCN(CC[N+](C)(CC)c1ccc(C)c(C)c1C)CC1CCN(c2ccccc2)CC1.CNC=O.C[C@H]1CCCC(=O)N1. The molecule has 0 aromatic heterocycles. The summed E-state index contributed by atoms with van der Waals surface area (Å²) in [6.07, 6.45) is 22.7. The number of aryl methyl sites for hydroxylation is 1. The Bertz CT molecular complexity index is 1750. The molecule has 3 aliphatic heterocycles. The molecule has 364 valence electrons. The van der Waals surface area contributed by atoms with Crippen LogP contribution in [-0.2, 0) is 14.3 Å². The fourth-order valence-electron chi connectivity index (χ4n) is 8.28. The number of hydrogen-bond acceptors (Lipinski definition) is 6. The number of anilines is 1. The van der Waals surface area contributed by atoms with E-state index in [4.69, 9.17) is 9.53 Å². The molecule has 2 amide bonds. The van der Waals surface area contributed by atoms with Gasteiger partial charge in [0, 0.05) is 56.9 Å². The molecule has 65 heavy (non-hydrogen) atoms. The molecule has 0 saturated carbocycles. The normalized spacial score (nSPS) is 20.1. The minimum Gasteiger partial charge on any atom is -0.389 e. The molecule has 0 spiro atoms. The van der Waals surface area contributed by atoms with Gasteiger partial charge in [0.25, 0.3) is 0 Å². The van der Waals surface area contributed by atoms with E-state index >= 15 is 0 Å². The number of amides is 2. The Morgan fingerprint density at radius 2 is 1.65 bits per heavy atom. The lowest BCUT2D eigenvalue weighted by Gasteiger charge is -2.38. The zero-order valence-electron chi connectivity index (χ0n) is 43.0. The highest BCUT2D eigenvalue weighted by atomic mass is 16.5. The van der Waals surface area contributed by atoms with Crippen molar-refractivity contribution in [2.24, 2.45) is 5.92 Å². The summed E-state index contributed by atoms with van der Waals surface area (Å²) in [5.74, 6) is 1.03. The predicted octanol–water partition coefficient (Wildman–Crippen LogP) is 11.0. The molecule has 9 nitrogen and oxygen atoms in total. The fraction of sp³-hybridized carbons (Fsp3) is 0.571. The number of nitrogens with zero attached hydrogens (tertiary/aromatic N) is 3. The first kappa shape index (κ1) is 58.7. The van der Waals surface area contributed by atoms with Crippen molar-refractivity contribution in [1.29, 1.82) is 0 Å². The minimum atomic E-state index is -0.298. The van der Waals surface area contributed by atoms with Gasteiger partial charge >= 0.3 is 0 Å². The minimum absolute atomic E-state index is 0.167. The van der Waals surface area contributed by atoms with Crippen LogP contribution in [0.1, 0.15) is 117 Å². The number of quaternary nitrogens is 1. The number of nitrogens with one attached hydrogen (secondary N) is 2. The molecule has 3 fully saturated rings. The Labute approximate surface area is 397 Å². The van der Waals surface area contributed by atoms with Crippen molar-refractivity contribution in [3.05, 3.63) is 119 Å². The molecule has 9 heteroatoms. The lowest BCUT2D eigenvalue weighted by Crippen LogP contribution is -2.51. The lowest BCUT2D eigenvalue weighted by atomic mass is 9.89. The molecular weight excluding hydrogens is 807 g/mol. The number of benzene rings is 2. The lowest BCUT2D eigenvalue weighted by molar-refractivity contribution is -0.123. The maximum Gasteiger partial charge on any atom is 0.220 e. The predicted molar refractivity (Wildman–Crippen MR) is 281 cm³/mol. The third-order valence-electron chi connectivity index (χ3n) is 12.7. The molecule has 0 bridgehead atoms. The van der Waals surface area contributed by atoms with E-state index in [1.54, 1.807) is 13.1 Å². The zero-order valence-corrected chi connectivity index (χ0v) is 43.0. The molecule has 1 aliphatic carbocycles. The van der Waals surface area contributed by atoms with Crippen LogP contribution in [0.4, 0.5) is 11.4 Å². The Morgan fingerprint density at radius 1 is 0.969 bits per heavy atom. The number of allylic oxidation sites excluding steroid dienone is 5. The molecule has 2 aromatic rings. The Balaban J connectivity index is 0.000000502. The van der Waals surface area contributed by atoms with Crippen molar-refractivity contribution in [3.63, 3.8) is 0 Å². The summed E-state index contributed by atoms with van der Waals surface area (Å²) >= 11 is 0. The second kappa shape index (κ2) is 34.1. The first-order valence-corrected chi connectivity index (χ1v) is 24.8. The van der Waals surface area contributed by atoms with E-state index in [0.717, 1.165) is 68.6 Å². The maximum absolute atomic E-state index is 10.6. The van der Waals surface area contributed by atoms with Gasteiger partial charge in [-0.05, 0) is 145 Å². The van der Waals surface area contributed by atoms with Crippen LogP contribution in [0, 0.1) is 26.7 Å². The molecule has 3 saturated heterocycles. The van der Waals surface area contributed by atoms with Crippen LogP contribution < -0.4 is 20.0 Å². The topological polar surface area (TPSA) is 94.1 Å². The van der Waals surface area contributed by atoms with E-state index in [-0.39, 0.29) is 18.1 Å². The molecule has 3 N–H and O–H groups in total. The van der Waals surface area contributed by atoms with Crippen molar-refractivity contribution in [1.82, 2.24) is 20.0 Å². The van der Waals surface area contributed by atoms with Crippen molar-refractivity contribution < 1.29 is 19.4 Å². The number of fused-ring (bicyclic) bond motifs is 1. The van der Waals surface area contributed by atoms with Gasteiger partial charge in [-0.25, -0.2) is 0 Å². The highest BCUT2D eigenvalue weighted by Crippen LogP contribution is 2.31. The third kappa shape index (κ3) is 22.2. The summed E-state index contributed by atoms with van der Waals surface area (Å²) in [4.78, 5) is 24.9. The van der Waals surface area contributed by atoms with Gasteiger partial charge in [0.05, 0.1) is 39.0 Å². The Kier molecular flexibility index (Phi) is 30.8. The van der Waals surface area contributed by atoms with Crippen LogP contribution in [0.5, 0.6) is 0 Å².